The number of halogens is 3. The summed E-state index contributed by atoms with van der Waals surface area (Å²) in [4.78, 5) is 27.7. The van der Waals surface area contributed by atoms with Crippen LogP contribution in [0.5, 0.6) is 0 Å². The minimum absolute atomic E-state index is 0.0443. The molecule has 0 bridgehead atoms. The van der Waals surface area contributed by atoms with Gasteiger partial charge in [-0.25, -0.2) is 4.79 Å². The number of carbonyl (C=O) groups is 2. The van der Waals surface area contributed by atoms with Crippen LogP contribution in [0, 0.1) is 0 Å². The summed E-state index contributed by atoms with van der Waals surface area (Å²) in [7, 11) is -3.41. The van der Waals surface area contributed by atoms with Crippen molar-refractivity contribution in [3.63, 3.8) is 0 Å². The van der Waals surface area contributed by atoms with Gasteiger partial charge in [-0.1, -0.05) is 177 Å². The van der Waals surface area contributed by atoms with E-state index in [1.807, 2.05) is 73.7 Å². The number of alkyl halides is 3. The Labute approximate surface area is 417 Å². The number of aliphatic hydroxyl groups is 1. The van der Waals surface area contributed by atoms with Gasteiger partial charge < -0.3 is 49.2 Å². The number of hydrogen-bond donors (Lipinski definition) is 4. The molecule has 0 aliphatic carbocycles. The lowest BCUT2D eigenvalue weighted by Crippen LogP contribution is -2.73. The third-order valence-electron chi connectivity index (χ3n) is 13.8. The summed E-state index contributed by atoms with van der Waals surface area (Å²) in [5.41, 5.74) is -0.233. The highest BCUT2D eigenvalue weighted by molar-refractivity contribution is 6.99. The monoisotopic (exact) mass is 1000 g/mol. The molecule has 16 heteroatoms. The zero-order chi connectivity index (χ0) is 50.6. The third kappa shape index (κ3) is 13.5. The lowest BCUT2D eigenvalue weighted by Gasteiger charge is -2.53. The lowest BCUT2D eigenvalue weighted by atomic mass is 9.92. The van der Waals surface area contributed by atoms with Gasteiger partial charge in [-0.05, 0) is 46.5 Å². The molecule has 386 valence electrons. The predicted molar refractivity (Wildman–Crippen MR) is 269 cm³/mol. The van der Waals surface area contributed by atoms with E-state index in [-0.39, 0.29) is 31.2 Å². The Morgan fingerprint density at radius 1 is 0.732 bits per heavy atom. The molecule has 7 rings (SSSR count). The van der Waals surface area contributed by atoms with Crippen molar-refractivity contribution in [3.8, 4) is 0 Å². The highest BCUT2D eigenvalue weighted by Crippen LogP contribution is 2.43. The first-order valence-electron chi connectivity index (χ1n) is 25.4. The largest absolute Gasteiger partial charge is 0.416 e. The zero-order valence-electron chi connectivity index (χ0n) is 41.6. The molecule has 4 N–H and O–H groups in total. The van der Waals surface area contributed by atoms with Crippen LogP contribution in [0.25, 0.3) is 0 Å². The summed E-state index contributed by atoms with van der Waals surface area (Å²) in [6.07, 6.45) is -3.65. The molecule has 3 saturated heterocycles. The van der Waals surface area contributed by atoms with E-state index in [1.165, 1.54) is 37.8 Å². The fourth-order valence-electron chi connectivity index (χ4n) is 10.2. The van der Waals surface area contributed by atoms with Crippen LogP contribution in [-0.2, 0) is 39.1 Å². The highest BCUT2D eigenvalue weighted by Gasteiger charge is 2.59. The number of amides is 3. The number of aliphatic hydroxyl groups excluding tert-OH is 1. The van der Waals surface area contributed by atoms with E-state index < -0.39 is 92.4 Å². The molecule has 0 saturated carbocycles. The van der Waals surface area contributed by atoms with E-state index in [4.69, 9.17) is 28.1 Å². The molecule has 5 unspecified atom stereocenters. The Hall–Kier alpha value is -4.65. The van der Waals surface area contributed by atoms with Gasteiger partial charge in [0.1, 0.15) is 30.5 Å². The number of rotatable bonds is 20. The van der Waals surface area contributed by atoms with E-state index in [9.17, 15) is 27.9 Å². The number of anilines is 1. The smallest absolute Gasteiger partial charge is 0.399 e. The molecule has 12 nitrogen and oxygen atoms in total. The van der Waals surface area contributed by atoms with Gasteiger partial charge in [-0.2, -0.15) is 13.2 Å². The van der Waals surface area contributed by atoms with Gasteiger partial charge >= 0.3 is 12.2 Å². The third-order valence-corrected chi connectivity index (χ3v) is 18.8. The topological polar surface area (TPSA) is 146 Å². The van der Waals surface area contributed by atoms with Crippen LogP contribution in [0.1, 0.15) is 116 Å². The van der Waals surface area contributed by atoms with E-state index in [0.29, 0.717) is 12.8 Å². The normalized spacial score (nSPS) is 26.0. The number of nitrogens with one attached hydrogen (secondary N) is 3. The van der Waals surface area contributed by atoms with Gasteiger partial charge in [0.05, 0.1) is 37.0 Å². The van der Waals surface area contributed by atoms with E-state index >= 15 is 0 Å². The van der Waals surface area contributed by atoms with Crippen LogP contribution >= 0.6 is 0 Å². The minimum Gasteiger partial charge on any atom is -0.399 e. The first-order valence-corrected chi connectivity index (χ1v) is 27.3. The van der Waals surface area contributed by atoms with E-state index in [2.05, 4.69) is 67.9 Å². The number of ether oxygens (including phenoxy) is 5. The summed E-state index contributed by atoms with van der Waals surface area (Å²) < 4.78 is 81.9. The van der Waals surface area contributed by atoms with Crippen molar-refractivity contribution in [2.45, 2.75) is 171 Å². The number of benzene rings is 4. The Kier molecular flexibility index (Phi) is 18.9. The Morgan fingerprint density at radius 3 is 1.96 bits per heavy atom. The van der Waals surface area contributed by atoms with Crippen molar-refractivity contribution in [3.05, 3.63) is 126 Å². The molecular formula is C55H72F3N3O9Si. The maximum Gasteiger partial charge on any atom is 0.416 e. The average molecular weight is 1000 g/mol. The second kappa shape index (κ2) is 24.8. The maximum absolute atomic E-state index is 13.9. The van der Waals surface area contributed by atoms with Crippen molar-refractivity contribution in [1.29, 1.82) is 0 Å². The summed E-state index contributed by atoms with van der Waals surface area (Å²) in [5.74, 6) is -0.232. The first kappa shape index (κ1) is 54.1. The van der Waals surface area contributed by atoms with Gasteiger partial charge in [0.25, 0.3) is 8.32 Å². The number of unbranched alkanes of at least 4 members (excludes halogenated alkanes) is 7. The minimum atomic E-state index is -4.63. The van der Waals surface area contributed by atoms with Gasteiger partial charge in [0, 0.05) is 17.7 Å². The summed E-state index contributed by atoms with van der Waals surface area (Å²) in [5, 5.41) is 23.0. The summed E-state index contributed by atoms with van der Waals surface area (Å²) >= 11 is 0. The van der Waals surface area contributed by atoms with E-state index in [0.717, 1.165) is 47.3 Å². The van der Waals surface area contributed by atoms with Crippen molar-refractivity contribution >= 4 is 36.3 Å². The molecular weight excluding hydrogens is 932 g/mol. The Balaban J connectivity index is 1.23. The number of hydrogen-bond acceptors (Lipinski definition) is 9. The van der Waals surface area contributed by atoms with Crippen LogP contribution in [0.3, 0.4) is 0 Å². The molecule has 4 aromatic carbocycles. The van der Waals surface area contributed by atoms with Crippen LogP contribution < -0.4 is 26.3 Å². The van der Waals surface area contributed by atoms with Crippen LogP contribution in [0.15, 0.2) is 115 Å². The first-order chi connectivity index (χ1) is 34.1. The van der Waals surface area contributed by atoms with Crippen LogP contribution in [0.4, 0.5) is 23.7 Å². The molecule has 4 aromatic rings. The molecule has 0 spiro atoms. The maximum atomic E-state index is 13.9. The fraction of sp³-hybridized carbons (Fsp3) is 0.527. The van der Waals surface area contributed by atoms with Crippen molar-refractivity contribution < 1.29 is 56.0 Å². The second-order valence-corrected chi connectivity index (χ2v) is 24.2. The molecule has 3 aliphatic heterocycles. The molecule has 71 heavy (non-hydrogen) atoms. The molecule has 0 radical (unpaired) electrons. The molecule has 10 atom stereocenters. The Bertz CT molecular complexity index is 2240. The molecule has 3 aliphatic rings. The standard InChI is InChI=1S/C55H72F3N3O9Si/c1-6-8-9-10-11-12-13-23-33-45(62)61-46-43(7-2)65-35-42(60-53(64)59-39-28-24-27-38(34-39)55(56,57)58)48(46)68-52-47(63)50(49-44(67-52)36-66-51(69-49)37-25-17-14-18-26-37)70-71(54(3,4)5,40-29-19-15-20-30-40)41-31-21-16-22-32-41/h14-22,24-32,34,42-44,46-52,63H,6-13,23,33,35-36H2,1-5H3,(H,61,62)(H2,59,60,64)/t42?,43?,44?,46-,47?,48+,49-,50+,51?,52-/m0/s1. The average Bonchev–Trinajstić information content (AvgIpc) is 3.36. The van der Waals surface area contributed by atoms with Crippen molar-refractivity contribution in [2.75, 3.05) is 18.5 Å². The Morgan fingerprint density at radius 2 is 1.35 bits per heavy atom. The molecule has 3 amide bonds. The van der Waals surface area contributed by atoms with Crippen LogP contribution in [-0.4, -0.2) is 93.6 Å². The zero-order valence-corrected chi connectivity index (χ0v) is 42.6. The number of urea groups is 1. The van der Waals surface area contributed by atoms with Crippen LogP contribution in [0.2, 0.25) is 5.04 Å². The lowest BCUT2D eigenvalue weighted by molar-refractivity contribution is -0.368. The number of fused-ring (bicyclic) bond motifs is 1. The van der Waals surface area contributed by atoms with E-state index in [1.54, 1.807) is 0 Å². The summed E-state index contributed by atoms with van der Waals surface area (Å²) in [6, 6.07) is 31.2. The molecule has 0 aromatic heterocycles. The summed E-state index contributed by atoms with van der Waals surface area (Å²) in [6.45, 7) is 10.5. The molecule has 3 heterocycles. The predicted octanol–water partition coefficient (Wildman–Crippen LogP) is 9.55. The SMILES string of the molecule is CCCCCCCCCCC(=O)N[C@H]1C(CC)OCC(NC(=O)Nc2cccc(C(F)(F)F)c2)[C@H]1O[C@@H]1OC2COC(c3ccccc3)O[C@@H]2[C@H](O[Si](c2ccccc2)(c2ccccc2)C(C)(C)C)C1O. The van der Waals surface area contributed by atoms with Gasteiger partial charge in [-0.15, -0.1) is 0 Å². The quantitative estimate of drug-likeness (QED) is 0.0503. The molecule has 3 fully saturated rings. The second-order valence-electron chi connectivity index (χ2n) is 19.9. The number of carbonyl (C=O) groups excluding carboxylic acids is 2. The highest BCUT2D eigenvalue weighted by atomic mass is 28.4. The van der Waals surface area contributed by atoms with Gasteiger partial charge in [0.15, 0.2) is 12.6 Å². The van der Waals surface area contributed by atoms with Gasteiger partial charge in [0.2, 0.25) is 5.91 Å². The fourth-order valence-corrected chi connectivity index (χ4v) is 14.9. The van der Waals surface area contributed by atoms with Crippen molar-refractivity contribution in [2.24, 2.45) is 0 Å². The van der Waals surface area contributed by atoms with Gasteiger partial charge in [-0.3, -0.25) is 4.79 Å². The van der Waals surface area contributed by atoms with Crippen molar-refractivity contribution in [1.82, 2.24) is 10.6 Å².